The third-order valence-corrected chi connectivity index (χ3v) is 1.74. The van der Waals surface area contributed by atoms with Crippen LogP contribution in [0.3, 0.4) is 0 Å². The Labute approximate surface area is 70.2 Å². The number of halogens is 1. The van der Waals surface area contributed by atoms with Gasteiger partial charge >= 0.3 is 5.97 Å². The molecule has 0 aromatic heterocycles. The van der Waals surface area contributed by atoms with E-state index in [0.717, 1.165) is 0 Å². The molecule has 2 atom stereocenters. The second kappa shape index (κ2) is 3.69. The predicted octanol–water partition coefficient (Wildman–Crippen LogP) is -0.201. The molecule has 0 aromatic carbocycles. The quantitative estimate of drug-likeness (QED) is 0.584. The van der Waals surface area contributed by atoms with Crippen LogP contribution in [0.4, 0.5) is 0 Å². The molecule has 1 aliphatic carbocycles. The summed E-state index contributed by atoms with van der Waals surface area (Å²) >= 11 is 0. The number of aliphatic carboxylic acids is 1. The fourth-order valence-corrected chi connectivity index (χ4v) is 1.16. The lowest BCUT2D eigenvalue weighted by Crippen LogP contribution is -2.30. The molecule has 0 unspecified atom stereocenters. The number of carboxylic acids is 1. The van der Waals surface area contributed by atoms with Crippen molar-refractivity contribution in [3.8, 4) is 0 Å². The second-order valence-corrected chi connectivity index (χ2v) is 2.56. The van der Waals surface area contributed by atoms with Gasteiger partial charge in [-0.3, -0.25) is 9.59 Å². The van der Waals surface area contributed by atoms with Crippen LogP contribution >= 0.6 is 12.4 Å². The number of hydrogen-bond donors (Lipinski definition) is 2. The lowest BCUT2D eigenvalue weighted by Gasteiger charge is -2.06. The normalized spacial score (nSPS) is 29.7. The molecule has 0 bridgehead atoms. The Morgan fingerprint density at radius 2 is 2.09 bits per heavy atom. The van der Waals surface area contributed by atoms with Crippen LogP contribution in [0.2, 0.25) is 0 Å². The summed E-state index contributed by atoms with van der Waals surface area (Å²) in [6, 6.07) is -0.468. The maximum absolute atomic E-state index is 10.6. The van der Waals surface area contributed by atoms with Crippen LogP contribution < -0.4 is 5.73 Å². The number of rotatable bonds is 1. The van der Waals surface area contributed by atoms with Crippen molar-refractivity contribution < 1.29 is 14.7 Å². The van der Waals surface area contributed by atoms with Crippen LogP contribution in [-0.4, -0.2) is 22.9 Å². The van der Waals surface area contributed by atoms with Gasteiger partial charge in [-0.1, -0.05) is 0 Å². The molecule has 0 saturated heterocycles. The van der Waals surface area contributed by atoms with Crippen molar-refractivity contribution in [2.24, 2.45) is 11.7 Å². The lowest BCUT2D eigenvalue weighted by atomic mass is 10.1. The predicted molar refractivity (Wildman–Crippen MR) is 40.6 cm³/mol. The van der Waals surface area contributed by atoms with Crippen LogP contribution in [0.5, 0.6) is 0 Å². The summed E-state index contributed by atoms with van der Waals surface area (Å²) in [6.45, 7) is 0. The highest BCUT2D eigenvalue weighted by Crippen LogP contribution is 2.20. The van der Waals surface area contributed by atoms with E-state index in [4.69, 9.17) is 10.8 Å². The van der Waals surface area contributed by atoms with E-state index in [2.05, 4.69) is 0 Å². The molecule has 1 saturated carbocycles. The number of Topliss-reactive ketones (excluding diaryl/α,β-unsaturated/α-hetero) is 1. The molecular formula is C6H10ClNO3. The van der Waals surface area contributed by atoms with E-state index < -0.39 is 17.9 Å². The summed E-state index contributed by atoms with van der Waals surface area (Å²) in [5, 5.41) is 8.47. The van der Waals surface area contributed by atoms with Gasteiger partial charge in [0.25, 0.3) is 0 Å². The molecule has 3 N–H and O–H groups in total. The Bertz CT molecular complexity index is 183. The zero-order valence-electron chi connectivity index (χ0n) is 5.82. The van der Waals surface area contributed by atoms with Gasteiger partial charge in [-0.15, -0.1) is 12.4 Å². The molecule has 11 heavy (non-hydrogen) atoms. The average Bonchev–Trinajstić information content (AvgIpc) is 2.10. The Balaban J connectivity index is 0.000001000. The van der Waals surface area contributed by atoms with E-state index in [1.165, 1.54) is 0 Å². The van der Waals surface area contributed by atoms with E-state index >= 15 is 0 Å². The molecule has 1 rings (SSSR count). The van der Waals surface area contributed by atoms with Crippen LogP contribution in [0, 0.1) is 5.92 Å². The van der Waals surface area contributed by atoms with E-state index in [9.17, 15) is 9.59 Å². The Morgan fingerprint density at radius 3 is 2.27 bits per heavy atom. The van der Waals surface area contributed by atoms with E-state index in [-0.39, 0.29) is 31.0 Å². The zero-order valence-corrected chi connectivity index (χ0v) is 6.63. The van der Waals surface area contributed by atoms with Crippen LogP contribution in [0.25, 0.3) is 0 Å². The third-order valence-electron chi connectivity index (χ3n) is 1.74. The fraction of sp³-hybridized carbons (Fsp3) is 0.667. The van der Waals surface area contributed by atoms with Crippen molar-refractivity contribution in [3.63, 3.8) is 0 Å². The van der Waals surface area contributed by atoms with Gasteiger partial charge in [0.15, 0.2) is 0 Å². The van der Waals surface area contributed by atoms with Crippen molar-refractivity contribution in [3.05, 3.63) is 0 Å². The highest BCUT2D eigenvalue weighted by atomic mass is 35.5. The van der Waals surface area contributed by atoms with Crippen molar-refractivity contribution in [2.75, 3.05) is 0 Å². The highest BCUT2D eigenvalue weighted by Gasteiger charge is 2.35. The van der Waals surface area contributed by atoms with Crippen LogP contribution in [0.1, 0.15) is 12.8 Å². The number of carbonyl (C=O) groups is 2. The molecule has 1 aliphatic rings. The number of ketones is 1. The largest absolute Gasteiger partial charge is 0.481 e. The van der Waals surface area contributed by atoms with E-state index in [1.54, 1.807) is 0 Å². The maximum Gasteiger partial charge on any atom is 0.308 e. The molecule has 1 fully saturated rings. The van der Waals surface area contributed by atoms with Gasteiger partial charge in [-0.05, 0) is 0 Å². The molecule has 0 heterocycles. The van der Waals surface area contributed by atoms with Crippen molar-refractivity contribution in [1.29, 1.82) is 0 Å². The number of carbonyl (C=O) groups excluding carboxylic acids is 1. The van der Waals surface area contributed by atoms with E-state index in [0.29, 0.717) is 0 Å². The van der Waals surface area contributed by atoms with Gasteiger partial charge in [0.1, 0.15) is 5.78 Å². The molecule has 4 nitrogen and oxygen atoms in total. The first kappa shape index (κ1) is 10.4. The minimum atomic E-state index is -0.960. The fourth-order valence-electron chi connectivity index (χ4n) is 1.16. The third kappa shape index (κ3) is 2.17. The molecule has 0 spiro atoms. The molecule has 64 valence electrons. The van der Waals surface area contributed by atoms with Crippen molar-refractivity contribution >= 4 is 24.2 Å². The summed E-state index contributed by atoms with van der Waals surface area (Å²) in [7, 11) is 0. The van der Waals surface area contributed by atoms with Crippen LogP contribution in [0.15, 0.2) is 0 Å². The minimum Gasteiger partial charge on any atom is -0.481 e. The monoisotopic (exact) mass is 179 g/mol. The highest BCUT2D eigenvalue weighted by molar-refractivity contribution is 5.88. The Morgan fingerprint density at radius 1 is 1.55 bits per heavy atom. The van der Waals surface area contributed by atoms with Gasteiger partial charge < -0.3 is 10.8 Å². The topological polar surface area (TPSA) is 80.4 Å². The standard InChI is InChI=1S/C6H9NO3.ClH/c7-5-2-3(8)1-4(5)6(9)10;/h4-5H,1-2,7H2,(H,9,10);1H/t4-,5+;/m1./s1. The van der Waals surface area contributed by atoms with Crippen molar-refractivity contribution in [2.45, 2.75) is 18.9 Å². The maximum atomic E-state index is 10.6. The minimum absolute atomic E-state index is 0. The molecule has 0 aliphatic heterocycles. The molecule has 0 aromatic rings. The molecular weight excluding hydrogens is 170 g/mol. The first-order valence-electron chi connectivity index (χ1n) is 3.11. The van der Waals surface area contributed by atoms with Gasteiger partial charge in [-0.25, -0.2) is 0 Å². The summed E-state index contributed by atoms with van der Waals surface area (Å²) in [5.74, 6) is -1.65. The van der Waals surface area contributed by atoms with Gasteiger partial charge in [0, 0.05) is 18.9 Å². The summed E-state index contributed by atoms with van der Waals surface area (Å²) in [6.07, 6.45) is 0.327. The SMILES string of the molecule is Cl.N[C@H]1CC(=O)C[C@H]1C(=O)O. The smallest absolute Gasteiger partial charge is 0.308 e. The summed E-state index contributed by atoms with van der Waals surface area (Å²) < 4.78 is 0. The van der Waals surface area contributed by atoms with Crippen LogP contribution in [-0.2, 0) is 9.59 Å². The number of nitrogens with two attached hydrogens (primary N) is 1. The van der Waals surface area contributed by atoms with Gasteiger partial charge in [0.2, 0.25) is 0 Å². The summed E-state index contributed by atoms with van der Waals surface area (Å²) in [4.78, 5) is 21.0. The summed E-state index contributed by atoms with van der Waals surface area (Å²) in [5.41, 5.74) is 5.37. The Kier molecular flexibility index (Phi) is 3.48. The number of hydrogen-bond acceptors (Lipinski definition) is 3. The Hall–Kier alpha value is -0.610. The molecule has 0 radical (unpaired) electrons. The van der Waals surface area contributed by atoms with Crippen molar-refractivity contribution in [1.82, 2.24) is 0 Å². The zero-order chi connectivity index (χ0) is 7.72. The molecule has 5 heteroatoms. The van der Waals surface area contributed by atoms with Gasteiger partial charge in [0.05, 0.1) is 5.92 Å². The van der Waals surface area contributed by atoms with E-state index in [1.807, 2.05) is 0 Å². The van der Waals surface area contributed by atoms with Gasteiger partial charge in [-0.2, -0.15) is 0 Å². The molecule has 0 amide bonds. The first-order chi connectivity index (χ1) is 4.61. The number of carboxylic acid groups (broad SMARTS) is 1. The first-order valence-corrected chi connectivity index (χ1v) is 3.11. The average molecular weight is 180 g/mol. The second-order valence-electron chi connectivity index (χ2n) is 2.56. The lowest BCUT2D eigenvalue weighted by molar-refractivity contribution is -0.142.